The molecule has 0 radical (unpaired) electrons. The normalized spacial score (nSPS) is 10.6. The third-order valence-electron chi connectivity index (χ3n) is 3.52. The van der Waals surface area contributed by atoms with Gasteiger partial charge in [0.2, 0.25) is 11.8 Å². The quantitative estimate of drug-likeness (QED) is 0.299. The van der Waals surface area contributed by atoms with Crippen LogP contribution in [0.2, 0.25) is 0 Å². The fourth-order valence-corrected chi connectivity index (χ4v) is 2.76. The van der Waals surface area contributed by atoms with Gasteiger partial charge in [0.05, 0.1) is 23.9 Å². The van der Waals surface area contributed by atoms with Gasteiger partial charge in [0.15, 0.2) is 11.5 Å². The van der Waals surface area contributed by atoms with E-state index in [1.165, 1.54) is 6.21 Å². The van der Waals surface area contributed by atoms with Crippen molar-refractivity contribution >= 4 is 39.6 Å². The van der Waals surface area contributed by atoms with Crippen molar-refractivity contribution < 1.29 is 24.2 Å². The van der Waals surface area contributed by atoms with Gasteiger partial charge in [0.25, 0.3) is 0 Å². The SMILES string of the molecule is CCOc1ccc(NC(=O)CC(=O)NN=Cc2cc(Br)c(O)c(OCC)c2)cc1. The average Bonchev–Trinajstić information content (AvgIpc) is 2.67. The molecule has 0 bridgehead atoms. The highest BCUT2D eigenvalue weighted by atomic mass is 79.9. The summed E-state index contributed by atoms with van der Waals surface area (Å²) in [5.74, 6) is -0.0465. The predicted molar refractivity (Wildman–Crippen MR) is 114 cm³/mol. The van der Waals surface area contributed by atoms with Crippen LogP contribution in [0.15, 0.2) is 46.0 Å². The van der Waals surface area contributed by atoms with Crippen LogP contribution in [-0.4, -0.2) is 36.3 Å². The Morgan fingerprint density at radius 2 is 1.79 bits per heavy atom. The largest absolute Gasteiger partial charge is 0.503 e. The summed E-state index contributed by atoms with van der Waals surface area (Å²) in [4.78, 5) is 23.8. The van der Waals surface area contributed by atoms with Crippen LogP contribution in [0.1, 0.15) is 25.8 Å². The molecule has 2 aromatic rings. The molecule has 0 saturated heterocycles. The van der Waals surface area contributed by atoms with E-state index >= 15 is 0 Å². The highest BCUT2D eigenvalue weighted by Gasteiger charge is 2.10. The summed E-state index contributed by atoms with van der Waals surface area (Å²) >= 11 is 3.23. The van der Waals surface area contributed by atoms with Crippen LogP contribution in [0.4, 0.5) is 5.69 Å². The number of hydrazone groups is 1. The molecule has 0 fully saturated rings. The number of carbonyl (C=O) groups is 2. The first-order valence-electron chi connectivity index (χ1n) is 8.92. The summed E-state index contributed by atoms with van der Waals surface area (Å²) in [6, 6.07) is 10.0. The Morgan fingerprint density at radius 1 is 1.10 bits per heavy atom. The summed E-state index contributed by atoms with van der Waals surface area (Å²) in [7, 11) is 0. The number of phenols is 1. The first-order chi connectivity index (χ1) is 13.9. The van der Waals surface area contributed by atoms with Crippen LogP contribution in [0.5, 0.6) is 17.2 Å². The number of phenolic OH excluding ortho intramolecular Hbond substituents is 1. The molecule has 0 heterocycles. The summed E-state index contributed by atoms with van der Waals surface area (Å²) in [5, 5.41) is 16.3. The molecule has 29 heavy (non-hydrogen) atoms. The number of nitrogens with zero attached hydrogens (tertiary/aromatic N) is 1. The van der Waals surface area contributed by atoms with Crippen LogP contribution in [-0.2, 0) is 9.59 Å². The Kier molecular flexibility index (Phi) is 8.47. The molecule has 8 nitrogen and oxygen atoms in total. The van der Waals surface area contributed by atoms with Crippen LogP contribution in [0.25, 0.3) is 0 Å². The molecule has 2 rings (SSSR count). The lowest BCUT2D eigenvalue weighted by molar-refractivity contribution is -0.126. The number of rotatable bonds is 9. The first-order valence-corrected chi connectivity index (χ1v) is 9.72. The second-order valence-electron chi connectivity index (χ2n) is 5.76. The molecule has 0 saturated carbocycles. The molecule has 9 heteroatoms. The summed E-state index contributed by atoms with van der Waals surface area (Å²) in [6.45, 7) is 4.63. The van der Waals surface area contributed by atoms with Crippen LogP contribution in [0, 0.1) is 0 Å². The van der Waals surface area contributed by atoms with E-state index in [0.717, 1.165) is 0 Å². The minimum Gasteiger partial charge on any atom is -0.503 e. The van der Waals surface area contributed by atoms with Crippen molar-refractivity contribution in [2.24, 2.45) is 5.10 Å². The molecule has 0 aliphatic carbocycles. The monoisotopic (exact) mass is 463 g/mol. The van der Waals surface area contributed by atoms with E-state index in [2.05, 4.69) is 31.8 Å². The maximum atomic E-state index is 12.0. The van der Waals surface area contributed by atoms with Gasteiger partial charge in [-0.25, -0.2) is 5.43 Å². The number of benzene rings is 2. The predicted octanol–water partition coefficient (Wildman–Crippen LogP) is 3.43. The van der Waals surface area contributed by atoms with Crippen molar-refractivity contribution in [3.63, 3.8) is 0 Å². The summed E-state index contributed by atoms with van der Waals surface area (Å²) in [6.07, 6.45) is 1.00. The number of halogens is 1. The topological polar surface area (TPSA) is 109 Å². The molecule has 154 valence electrons. The van der Waals surface area contributed by atoms with Crippen LogP contribution >= 0.6 is 15.9 Å². The van der Waals surface area contributed by atoms with E-state index in [-0.39, 0.29) is 12.2 Å². The van der Waals surface area contributed by atoms with E-state index in [1.54, 1.807) is 43.3 Å². The van der Waals surface area contributed by atoms with E-state index in [0.29, 0.717) is 40.4 Å². The number of hydrogen-bond acceptors (Lipinski definition) is 6. The zero-order valence-corrected chi connectivity index (χ0v) is 17.7. The fourth-order valence-electron chi connectivity index (χ4n) is 2.30. The fraction of sp³-hybridized carbons (Fsp3) is 0.250. The Morgan fingerprint density at radius 3 is 2.45 bits per heavy atom. The highest BCUT2D eigenvalue weighted by molar-refractivity contribution is 9.10. The van der Waals surface area contributed by atoms with Gasteiger partial charge in [-0.2, -0.15) is 5.10 Å². The van der Waals surface area contributed by atoms with Gasteiger partial charge >= 0.3 is 0 Å². The number of nitrogens with one attached hydrogen (secondary N) is 2. The molecule has 0 unspecified atom stereocenters. The number of hydrogen-bond donors (Lipinski definition) is 3. The third-order valence-corrected chi connectivity index (χ3v) is 4.13. The Bertz CT molecular complexity index is 884. The van der Waals surface area contributed by atoms with Crippen molar-refractivity contribution in [1.82, 2.24) is 5.43 Å². The minimum atomic E-state index is -0.562. The average molecular weight is 464 g/mol. The smallest absolute Gasteiger partial charge is 0.249 e. The lowest BCUT2D eigenvalue weighted by Gasteiger charge is -2.08. The lowest BCUT2D eigenvalue weighted by Crippen LogP contribution is -2.24. The number of ether oxygens (including phenoxy) is 2. The summed E-state index contributed by atoms with van der Waals surface area (Å²) in [5.41, 5.74) is 3.45. The Balaban J connectivity index is 1.86. The van der Waals surface area contributed by atoms with Crippen molar-refractivity contribution in [3.8, 4) is 17.2 Å². The van der Waals surface area contributed by atoms with Gasteiger partial charge in [-0.3, -0.25) is 9.59 Å². The number of carbonyl (C=O) groups excluding carboxylic acids is 2. The highest BCUT2D eigenvalue weighted by Crippen LogP contribution is 2.35. The first kappa shape index (κ1) is 22.2. The van der Waals surface area contributed by atoms with Gasteiger partial charge in [-0.15, -0.1) is 0 Å². The molecule has 0 atom stereocenters. The van der Waals surface area contributed by atoms with Crippen molar-refractivity contribution in [1.29, 1.82) is 0 Å². The second kappa shape index (κ2) is 11.1. The summed E-state index contributed by atoms with van der Waals surface area (Å²) < 4.78 is 11.1. The molecular weight excluding hydrogens is 442 g/mol. The lowest BCUT2D eigenvalue weighted by atomic mass is 10.2. The third kappa shape index (κ3) is 7.11. The van der Waals surface area contributed by atoms with Crippen molar-refractivity contribution in [3.05, 3.63) is 46.4 Å². The maximum absolute atomic E-state index is 12.0. The van der Waals surface area contributed by atoms with Gasteiger partial charge in [-0.05, 0) is 71.7 Å². The van der Waals surface area contributed by atoms with Crippen LogP contribution in [0.3, 0.4) is 0 Å². The van der Waals surface area contributed by atoms with Gasteiger partial charge in [0.1, 0.15) is 12.2 Å². The van der Waals surface area contributed by atoms with Crippen molar-refractivity contribution in [2.75, 3.05) is 18.5 Å². The van der Waals surface area contributed by atoms with E-state index in [9.17, 15) is 14.7 Å². The van der Waals surface area contributed by atoms with E-state index < -0.39 is 11.8 Å². The van der Waals surface area contributed by atoms with Crippen molar-refractivity contribution in [2.45, 2.75) is 20.3 Å². The van der Waals surface area contributed by atoms with E-state index in [1.807, 2.05) is 6.92 Å². The minimum absolute atomic E-state index is 0.0148. The molecule has 3 N–H and O–H groups in total. The Labute approximate surface area is 177 Å². The molecule has 2 aromatic carbocycles. The molecular formula is C20H22BrN3O5. The van der Waals surface area contributed by atoms with Gasteiger partial charge in [0, 0.05) is 5.69 Å². The zero-order chi connectivity index (χ0) is 21.2. The van der Waals surface area contributed by atoms with E-state index in [4.69, 9.17) is 9.47 Å². The molecule has 2 amide bonds. The number of anilines is 1. The zero-order valence-electron chi connectivity index (χ0n) is 16.1. The standard InChI is InChI=1S/C20H22BrN3O5/c1-3-28-15-7-5-14(6-8-15)23-18(25)11-19(26)24-22-12-13-9-16(21)20(27)17(10-13)29-4-2/h5-10,12,27H,3-4,11H2,1-2H3,(H,23,25)(H,24,26). The number of aromatic hydroxyl groups is 1. The second-order valence-corrected chi connectivity index (χ2v) is 6.61. The number of amides is 2. The van der Waals surface area contributed by atoms with Gasteiger partial charge < -0.3 is 19.9 Å². The molecule has 0 spiro atoms. The molecule has 0 aliphatic rings. The Hall–Kier alpha value is -3.07. The molecule has 0 aliphatic heterocycles. The van der Waals surface area contributed by atoms with Crippen LogP contribution < -0.4 is 20.2 Å². The molecule has 0 aromatic heterocycles. The maximum Gasteiger partial charge on any atom is 0.249 e. The van der Waals surface area contributed by atoms with Gasteiger partial charge in [-0.1, -0.05) is 0 Å².